The summed E-state index contributed by atoms with van der Waals surface area (Å²) < 4.78 is 39.3. The molecule has 1 heterocycles. The normalized spacial score (nSPS) is 14.6. The third-order valence-corrected chi connectivity index (χ3v) is 4.15. The molecule has 0 spiro atoms. The maximum atomic E-state index is 13.2. The maximum absolute atomic E-state index is 13.2. The Labute approximate surface area is 115 Å². The number of benzene rings is 1. The number of thiazole rings is 1. The Morgan fingerprint density at radius 2 is 1.85 bits per heavy atom. The average molecular weight is 299 g/mol. The van der Waals surface area contributed by atoms with Crippen molar-refractivity contribution in [2.24, 2.45) is 0 Å². The highest BCUT2D eigenvalue weighted by atomic mass is 32.1. The Balaban J connectivity index is 2.10. The van der Waals surface area contributed by atoms with Crippen LogP contribution in [0.25, 0.3) is 10.6 Å². The summed E-state index contributed by atoms with van der Waals surface area (Å²) in [6, 6.07) is 1.64. The molecule has 0 radical (unpaired) electrons. The van der Waals surface area contributed by atoms with Crippen molar-refractivity contribution >= 4 is 17.3 Å². The molecule has 104 valence electrons. The highest BCUT2D eigenvalue weighted by Crippen LogP contribution is 2.44. The van der Waals surface area contributed by atoms with Crippen molar-refractivity contribution in [3.63, 3.8) is 0 Å². The lowest BCUT2D eigenvalue weighted by molar-refractivity contribution is 0.0700. The highest BCUT2D eigenvalue weighted by molar-refractivity contribution is 7.17. The summed E-state index contributed by atoms with van der Waals surface area (Å²) in [5, 5.41) is 9.30. The van der Waals surface area contributed by atoms with Crippen LogP contribution < -0.4 is 0 Å². The van der Waals surface area contributed by atoms with E-state index in [4.69, 9.17) is 5.11 Å². The summed E-state index contributed by atoms with van der Waals surface area (Å²) in [6.07, 6.45) is 1.71. The molecule has 1 saturated carbocycles. The standard InChI is InChI=1S/C13H8F3NO2S/c14-7-3-6(4-8(15)9(7)16)12-17-10(5-1-2-5)11(20-12)13(18)19/h3-5H,1-2H2,(H,18,19). The monoisotopic (exact) mass is 299 g/mol. The Morgan fingerprint density at radius 3 is 2.35 bits per heavy atom. The lowest BCUT2D eigenvalue weighted by Gasteiger charge is -1.99. The van der Waals surface area contributed by atoms with E-state index in [1.807, 2.05) is 0 Å². The van der Waals surface area contributed by atoms with Crippen LogP contribution in [0.4, 0.5) is 13.2 Å². The SMILES string of the molecule is O=C(O)c1sc(-c2cc(F)c(F)c(F)c2)nc1C1CC1. The number of carboxylic acid groups (broad SMARTS) is 1. The molecule has 1 fully saturated rings. The molecule has 1 aliphatic carbocycles. The number of aromatic carboxylic acids is 1. The largest absolute Gasteiger partial charge is 0.477 e. The van der Waals surface area contributed by atoms with Gasteiger partial charge in [0.25, 0.3) is 0 Å². The quantitative estimate of drug-likeness (QED) is 0.877. The number of halogens is 3. The molecule has 0 atom stereocenters. The number of aromatic nitrogens is 1. The van der Waals surface area contributed by atoms with Crippen molar-refractivity contribution in [2.45, 2.75) is 18.8 Å². The van der Waals surface area contributed by atoms with Crippen LogP contribution in [0.1, 0.15) is 34.1 Å². The minimum absolute atomic E-state index is 0.0424. The third kappa shape index (κ3) is 2.18. The molecule has 2 aromatic rings. The van der Waals surface area contributed by atoms with Gasteiger partial charge in [-0.3, -0.25) is 0 Å². The van der Waals surface area contributed by atoms with E-state index >= 15 is 0 Å². The Hall–Kier alpha value is -1.89. The topological polar surface area (TPSA) is 50.2 Å². The number of carbonyl (C=O) groups is 1. The Morgan fingerprint density at radius 1 is 1.25 bits per heavy atom. The van der Waals surface area contributed by atoms with E-state index in [1.165, 1.54) is 0 Å². The second kappa shape index (κ2) is 4.59. The van der Waals surface area contributed by atoms with Crippen LogP contribution in [-0.4, -0.2) is 16.1 Å². The summed E-state index contributed by atoms with van der Waals surface area (Å²) in [5.74, 6) is -5.20. The first-order valence-electron chi connectivity index (χ1n) is 5.86. The van der Waals surface area contributed by atoms with Gasteiger partial charge in [-0.15, -0.1) is 11.3 Å². The highest BCUT2D eigenvalue weighted by Gasteiger charge is 2.32. The first-order valence-corrected chi connectivity index (χ1v) is 6.68. The van der Waals surface area contributed by atoms with E-state index in [0.717, 1.165) is 36.3 Å². The predicted molar refractivity (Wildman–Crippen MR) is 66.4 cm³/mol. The summed E-state index contributed by atoms with van der Waals surface area (Å²) in [6.45, 7) is 0. The van der Waals surface area contributed by atoms with E-state index in [2.05, 4.69) is 4.98 Å². The van der Waals surface area contributed by atoms with Crippen molar-refractivity contribution < 1.29 is 23.1 Å². The minimum Gasteiger partial charge on any atom is -0.477 e. The number of nitrogens with zero attached hydrogens (tertiary/aromatic N) is 1. The third-order valence-electron chi connectivity index (χ3n) is 3.04. The lowest BCUT2D eigenvalue weighted by atomic mass is 10.2. The van der Waals surface area contributed by atoms with Crippen molar-refractivity contribution in [3.05, 3.63) is 40.2 Å². The number of carboxylic acids is 1. The molecule has 20 heavy (non-hydrogen) atoms. The fourth-order valence-electron chi connectivity index (χ4n) is 1.92. The molecular weight excluding hydrogens is 291 g/mol. The minimum atomic E-state index is -1.55. The Kier molecular flexibility index (Phi) is 3.01. The van der Waals surface area contributed by atoms with Gasteiger partial charge in [0.05, 0.1) is 5.69 Å². The van der Waals surface area contributed by atoms with Gasteiger partial charge in [0, 0.05) is 11.5 Å². The van der Waals surface area contributed by atoms with Crippen LogP contribution in [0, 0.1) is 17.5 Å². The molecule has 1 aliphatic rings. The van der Waals surface area contributed by atoms with Crippen LogP contribution in [0.15, 0.2) is 12.1 Å². The number of hydrogen-bond acceptors (Lipinski definition) is 3. The van der Waals surface area contributed by atoms with Crippen molar-refractivity contribution in [1.29, 1.82) is 0 Å². The molecule has 0 saturated heterocycles. The molecule has 1 N–H and O–H groups in total. The van der Waals surface area contributed by atoms with Crippen molar-refractivity contribution in [2.75, 3.05) is 0 Å². The number of hydrogen-bond donors (Lipinski definition) is 1. The molecule has 0 unspecified atom stereocenters. The summed E-state index contributed by atoms with van der Waals surface area (Å²) in [5.41, 5.74) is 0.489. The summed E-state index contributed by atoms with van der Waals surface area (Å²) >= 11 is 0.846. The average Bonchev–Trinajstić information content (AvgIpc) is 3.13. The van der Waals surface area contributed by atoms with Gasteiger partial charge in [-0.05, 0) is 25.0 Å². The molecular formula is C13H8F3NO2S. The molecule has 7 heteroatoms. The molecule has 0 amide bonds. The first kappa shape index (κ1) is 13.1. The Bertz CT molecular complexity index is 687. The number of rotatable bonds is 3. The van der Waals surface area contributed by atoms with Crippen LogP contribution in [0.3, 0.4) is 0 Å². The summed E-state index contributed by atoms with van der Waals surface area (Å²) in [7, 11) is 0. The molecule has 0 bridgehead atoms. The van der Waals surface area contributed by atoms with Gasteiger partial charge >= 0.3 is 5.97 Å². The predicted octanol–water partition coefficient (Wildman–Crippen LogP) is 3.80. The van der Waals surface area contributed by atoms with Crippen molar-refractivity contribution in [3.8, 4) is 10.6 Å². The summed E-state index contributed by atoms with van der Waals surface area (Å²) in [4.78, 5) is 15.4. The second-order valence-corrected chi connectivity index (χ2v) is 5.57. The van der Waals surface area contributed by atoms with Gasteiger partial charge in [0.1, 0.15) is 9.88 Å². The van der Waals surface area contributed by atoms with Gasteiger partial charge in [-0.25, -0.2) is 22.9 Å². The lowest BCUT2D eigenvalue weighted by Crippen LogP contribution is -1.97. The molecule has 3 rings (SSSR count). The zero-order chi connectivity index (χ0) is 14.4. The van der Waals surface area contributed by atoms with Gasteiger partial charge < -0.3 is 5.11 Å². The van der Waals surface area contributed by atoms with Gasteiger partial charge in [-0.2, -0.15) is 0 Å². The van der Waals surface area contributed by atoms with Gasteiger partial charge in [-0.1, -0.05) is 0 Å². The van der Waals surface area contributed by atoms with Crippen LogP contribution in [-0.2, 0) is 0 Å². The van der Waals surface area contributed by atoms with Crippen LogP contribution in [0.5, 0.6) is 0 Å². The smallest absolute Gasteiger partial charge is 0.347 e. The molecule has 3 nitrogen and oxygen atoms in total. The van der Waals surface area contributed by atoms with Crippen LogP contribution in [0.2, 0.25) is 0 Å². The van der Waals surface area contributed by atoms with E-state index in [1.54, 1.807) is 0 Å². The zero-order valence-corrected chi connectivity index (χ0v) is 10.8. The zero-order valence-electron chi connectivity index (χ0n) is 9.99. The fraction of sp³-hybridized carbons (Fsp3) is 0.231. The van der Waals surface area contributed by atoms with Gasteiger partial charge in [0.15, 0.2) is 17.5 Å². The molecule has 1 aromatic heterocycles. The molecule has 0 aliphatic heterocycles. The first-order chi connectivity index (χ1) is 9.47. The van der Waals surface area contributed by atoms with E-state index in [0.29, 0.717) is 5.69 Å². The molecule has 1 aromatic carbocycles. The van der Waals surface area contributed by atoms with Crippen molar-refractivity contribution in [1.82, 2.24) is 4.98 Å². The van der Waals surface area contributed by atoms with E-state index in [-0.39, 0.29) is 21.4 Å². The van der Waals surface area contributed by atoms with Crippen LogP contribution >= 0.6 is 11.3 Å². The fourth-order valence-corrected chi connectivity index (χ4v) is 2.90. The van der Waals surface area contributed by atoms with Gasteiger partial charge in [0.2, 0.25) is 0 Å². The maximum Gasteiger partial charge on any atom is 0.347 e. The van der Waals surface area contributed by atoms with E-state index in [9.17, 15) is 18.0 Å². The second-order valence-electron chi connectivity index (χ2n) is 4.57. The van der Waals surface area contributed by atoms with E-state index < -0.39 is 23.4 Å².